The number of hydrogen-bond acceptors (Lipinski definition) is 4. The predicted octanol–water partition coefficient (Wildman–Crippen LogP) is 1.76. The van der Waals surface area contributed by atoms with E-state index < -0.39 is 11.7 Å². The van der Waals surface area contributed by atoms with Crippen LogP contribution in [0.15, 0.2) is 41.3 Å². The molecule has 0 saturated carbocycles. The van der Waals surface area contributed by atoms with Crippen molar-refractivity contribution >= 4 is 28.6 Å². The van der Waals surface area contributed by atoms with Gasteiger partial charge in [-0.2, -0.15) is 4.98 Å². The Hall–Kier alpha value is -2.67. The third-order valence-corrected chi connectivity index (χ3v) is 2.95. The van der Waals surface area contributed by atoms with E-state index in [1.807, 2.05) is 0 Å². The highest BCUT2D eigenvalue weighted by atomic mass is 35.5. The highest BCUT2D eigenvalue weighted by Gasteiger charge is 2.19. The molecule has 0 unspecified atom stereocenters. The van der Waals surface area contributed by atoms with E-state index in [2.05, 4.69) is 9.97 Å². The Morgan fingerprint density at radius 3 is 2.70 bits per heavy atom. The van der Waals surface area contributed by atoms with Crippen molar-refractivity contribution in [2.45, 2.75) is 0 Å². The van der Waals surface area contributed by atoms with E-state index >= 15 is 0 Å². The maximum Gasteiger partial charge on any atom is 0.434 e. The number of rotatable bonds is 1. The van der Waals surface area contributed by atoms with E-state index in [0.717, 1.165) is 0 Å². The second-order valence-corrected chi connectivity index (χ2v) is 4.25. The first-order valence-electron chi connectivity index (χ1n) is 5.54. The van der Waals surface area contributed by atoms with Gasteiger partial charge in [-0.25, -0.2) is 14.5 Å². The van der Waals surface area contributed by atoms with Crippen molar-refractivity contribution in [1.29, 1.82) is 0 Å². The molecule has 1 N–H and O–H groups in total. The van der Waals surface area contributed by atoms with Gasteiger partial charge in [0.25, 0.3) is 5.56 Å². The van der Waals surface area contributed by atoms with Gasteiger partial charge in [-0.05, 0) is 23.7 Å². The van der Waals surface area contributed by atoms with Gasteiger partial charge in [0.1, 0.15) is 0 Å². The molecule has 100 valence electrons. The predicted molar refractivity (Wildman–Crippen MR) is 71.6 cm³/mol. The van der Waals surface area contributed by atoms with Crippen LogP contribution in [0.2, 0.25) is 5.28 Å². The summed E-state index contributed by atoms with van der Waals surface area (Å²) >= 11 is 5.71. The van der Waals surface area contributed by atoms with Gasteiger partial charge in [0.2, 0.25) is 5.28 Å². The van der Waals surface area contributed by atoms with E-state index in [9.17, 15) is 14.7 Å². The summed E-state index contributed by atoms with van der Waals surface area (Å²) < 4.78 is 1.77. The largest absolute Gasteiger partial charge is 0.463 e. The van der Waals surface area contributed by atoms with Gasteiger partial charge in [0.15, 0.2) is 5.82 Å². The summed E-state index contributed by atoms with van der Waals surface area (Å²) in [4.78, 5) is 31.1. The highest BCUT2D eigenvalue weighted by Crippen LogP contribution is 2.16. The van der Waals surface area contributed by atoms with Crippen LogP contribution < -0.4 is 5.56 Å². The van der Waals surface area contributed by atoms with Crippen LogP contribution in [0.5, 0.6) is 0 Å². The molecule has 3 aromatic rings. The molecular weight excluding hydrogens is 284 g/mol. The summed E-state index contributed by atoms with van der Waals surface area (Å²) in [5, 5.41) is 9.49. The second kappa shape index (κ2) is 4.46. The number of halogens is 1. The first-order chi connectivity index (χ1) is 9.59. The molecule has 0 atom stereocenters. The number of aromatic nitrogens is 4. The van der Waals surface area contributed by atoms with Gasteiger partial charge in [-0.1, -0.05) is 12.1 Å². The average molecular weight is 291 g/mol. The van der Waals surface area contributed by atoms with Crippen molar-refractivity contribution in [2.24, 2.45) is 0 Å². The summed E-state index contributed by atoms with van der Waals surface area (Å²) in [5.41, 5.74) is -0.211. The number of nitrogens with zero attached hydrogens (tertiary/aromatic N) is 4. The molecule has 0 fully saturated rings. The van der Waals surface area contributed by atoms with E-state index in [1.54, 1.807) is 24.3 Å². The Kier molecular flexibility index (Phi) is 2.76. The van der Waals surface area contributed by atoms with Crippen LogP contribution in [-0.4, -0.2) is 30.5 Å². The van der Waals surface area contributed by atoms with Crippen molar-refractivity contribution < 1.29 is 9.90 Å². The highest BCUT2D eigenvalue weighted by molar-refractivity contribution is 6.28. The summed E-state index contributed by atoms with van der Waals surface area (Å²) in [5.74, 6) is 0.200. The SMILES string of the molecule is O=C(O)n1c(=O)c2ccccc2n1-c1ccnc(Cl)n1. The van der Waals surface area contributed by atoms with Gasteiger partial charge in [-0.15, -0.1) is 4.68 Å². The van der Waals surface area contributed by atoms with Crippen molar-refractivity contribution in [2.75, 3.05) is 0 Å². The number of para-hydroxylation sites is 1. The van der Waals surface area contributed by atoms with Gasteiger partial charge in [0.05, 0.1) is 10.9 Å². The first-order valence-corrected chi connectivity index (χ1v) is 5.92. The number of benzene rings is 1. The monoisotopic (exact) mass is 290 g/mol. The zero-order chi connectivity index (χ0) is 14.3. The lowest BCUT2D eigenvalue weighted by Gasteiger charge is -2.07. The fraction of sp³-hybridized carbons (Fsp3) is 0. The average Bonchev–Trinajstić information content (AvgIpc) is 2.73. The molecule has 0 amide bonds. The van der Waals surface area contributed by atoms with Gasteiger partial charge >= 0.3 is 6.09 Å². The van der Waals surface area contributed by atoms with Crippen molar-refractivity contribution in [1.82, 2.24) is 19.3 Å². The maximum absolute atomic E-state index is 12.1. The number of carboxylic acid groups (broad SMARTS) is 1. The van der Waals surface area contributed by atoms with Crippen LogP contribution in [0.25, 0.3) is 16.7 Å². The lowest BCUT2D eigenvalue weighted by molar-refractivity contribution is 0.189. The standard InChI is InChI=1S/C12H7ClN4O3/c13-11-14-6-5-9(15-11)16-8-4-2-1-3-7(8)10(18)17(16)12(19)20/h1-6H,(H,19,20). The van der Waals surface area contributed by atoms with Crippen LogP contribution in [-0.2, 0) is 0 Å². The quantitative estimate of drug-likeness (QED) is 0.690. The third-order valence-electron chi connectivity index (χ3n) is 2.76. The molecular formula is C12H7ClN4O3. The van der Waals surface area contributed by atoms with Gasteiger partial charge in [-0.3, -0.25) is 4.79 Å². The summed E-state index contributed by atoms with van der Waals surface area (Å²) in [7, 11) is 0. The zero-order valence-electron chi connectivity index (χ0n) is 9.89. The molecule has 0 saturated heterocycles. The minimum Gasteiger partial charge on any atom is -0.463 e. The van der Waals surface area contributed by atoms with Crippen LogP contribution in [0.1, 0.15) is 0 Å². The van der Waals surface area contributed by atoms with E-state index in [4.69, 9.17) is 11.6 Å². The molecule has 0 bridgehead atoms. The Labute approximate surface area is 116 Å². The fourth-order valence-electron chi connectivity index (χ4n) is 1.99. The molecule has 0 aliphatic heterocycles. The number of carbonyl (C=O) groups is 1. The Morgan fingerprint density at radius 1 is 1.25 bits per heavy atom. The normalized spacial score (nSPS) is 10.8. The van der Waals surface area contributed by atoms with E-state index in [1.165, 1.54) is 16.9 Å². The molecule has 20 heavy (non-hydrogen) atoms. The lowest BCUT2D eigenvalue weighted by atomic mass is 10.2. The topological polar surface area (TPSA) is 90.0 Å². The summed E-state index contributed by atoms with van der Waals surface area (Å²) in [6.45, 7) is 0. The minimum absolute atomic E-state index is 0.0373. The fourth-order valence-corrected chi connectivity index (χ4v) is 2.14. The van der Waals surface area contributed by atoms with Crippen LogP contribution >= 0.6 is 11.6 Å². The third kappa shape index (κ3) is 1.76. The molecule has 3 rings (SSSR count). The number of hydrogen-bond donors (Lipinski definition) is 1. The molecule has 0 aliphatic rings. The Bertz CT molecular complexity index is 884. The van der Waals surface area contributed by atoms with Crippen molar-refractivity contribution in [3.05, 3.63) is 52.2 Å². The maximum atomic E-state index is 12.1. The molecule has 1 aromatic carbocycles. The smallest absolute Gasteiger partial charge is 0.434 e. The van der Waals surface area contributed by atoms with Gasteiger partial charge < -0.3 is 5.11 Å². The molecule has 2 aromatic heterocycles. The molecule has 8 heteroatoms. The van der Waals surface area contributed by atoms with Crippen LogP contribution in [0, 0.1) is 0 Å². The summed E-state index contributed by atoms with van der Waals surface area (Å²) in [6.07, 6.45) is -0.0169. The minimum atomic E-state index is -1.40. The Morgan fingerprint density at radius 2 is 2.00 bits per heavy atom. The second-order valence-electron chi connectivity index (χ2n) is 3.91. The number of fused-ring (bicyclic) bond motifs is 1. The molecule has 2 heterocycles. The van der Waals surface area contributed by atoms with Crippen molar-refractivity contribution in [3.63, 3.8) is 0 Å². The summed E-state index contributed by atoms with van der Waals surface area (Å²) in [6, 6.07) is 8.01. The first kappa shape index (κ1) is 12.4. The van der Waals surface area contributed by atoms with E-state index in [-0.39, 0.29) is 16.5 Å². The Balaban J connectivity index is 2.48. The molecule has 0 radical (unpaired) electrons. The lowest BCUT2D eigenvalue weighted by Crippen LogP contribution is -2.28. The van der Waals surface area contributed by atoms with E-state index in [0.29, 0.717) is 10.2 Å². The van der Waals surface area contributed by atoms with Crippen LogP contribution in [0.4, 0.5) is 4.79 Å². The molecule has 0 spiro atoms. The van der Waals surface area contributed by atoms with Crippen LogP contribution in [0.3, 0.4) is 0 Å². The molecule has 0 aliphatic carbocycles. The molecule has 7 nitrogen and oxygen atoms in total. The zero-order valence-corrected chi connectivity index (χ0v) is 10.7. The van der Waals surface area contributed by atoms with Gasteiger partial charge in [0, 0.05) is 12.3 Å². The van der Waals surface area contributed by atoms with Crippen molar-refractivity contribution in [3.8, 4) is 5.82 Å².